The second-order valence-corrected chi connectivity index (χ2v) is 6.33. The molecule has 6 heteroatoms. The van der Waals surface area contributed by atoms with Crippen molar-refractivity contribution >= 4 is 22.9 Å². The molecule has 22 heavy (non-hydrogen) atoms. The van der Waals surface area contributed by atoms with Gasteiger partial charge in [-0.15, -0.1) is 11.3 Å². The van der Waals surface area contributed by atoms with Crippen LogP contribution in [0.15, 0.2) is 42.9 Å². The molecule has 5 nitrogen and oxygen atoms in total. The van der Waals surface area contributed by atoms with Crippen LogP contribution in [0, 0.1) is 13.8 Å². The summed E-state index contributed by atoms with van der Waals surface area (Å²) in [5.74, 6) is 1.45. The minimum atomic E-state index is -0.0473. The van der Waals surface area contributed by atoms with Gasteiger partial charge in [0, 0.05) is 28.3 Å². The summed E-state index contributed by atoms with van der Waals surface area (Å²) >= 11 is 1.64. The normalized spacial score (nSPS) is 10.6. The third-order valence-electron chi connectivity index (χ3n) is 3.25. The lowest BCUT2D eigenvalue weighted by Gasteiger charge is -2.11. The number of carbonyl (C=O) groups excluding carboxylic acids is 1. The van der Waals surface area contributed by atoms with Crippen LogP contribution < -0.4 is 5.32 Å². The maximum absolute atomic E-state index is 12.2. The number of aryl methyl sites for hydroxylation is 2. The minimum Gasteiger partial charge on any atom is -0.323 e. The van der Waals surface area contributed by atoms with Crippen LogP contribution in [-0.4, -0.2) is 20.4 Å². The maximum atomic E-state index is 12.2. The number of nitrogens with zero attached hydrogens (tertiary/aromatic N) is 3. The van der Waals surface area contributed by atoms with Crippen LogP contribution in [-0.2, 0) is 11.2 Å². The van der Waals surface area contributed by atoms with Crippen molar-refractivity contribution in [2.45, 2.75) is 20.3 Å². The molecule has 0 unspecified atom stereocenters. The first kappa shape index (κ1) is 14.5. The summed E-state index contributed by atoms with van der Waals surface area (Å²) in [5.41, 5.74) is 0.682. The summed E-state index contributed by atoms with van der Waals surface area (Å²) in [6.07, 6.45) is 5.61. The number of rotatable bonds is 4. The van der Waals surface area contributed by atoms with Gasteiger partial charge < -0.3 is 5.32 Å². The van der Waals surface area contributed by atoms with Gasteiger partial charge in [-0.2, -0.15) is 0 Å². The molecular formula is C16H16N4OS. The molecule has 0 saturated heterocycles. The number of nitrogens with one attached hydrogen (secondary N) is 1. The molecule has 0 atom stereocenters. The van der Waals surface area contributed by atoms with Crippen molar-refractivity contribution in [1.29, 1.82) is 0 Å². The number of aromatic nitrogens is 3. The molecule has 0 bridgehead atoms. The van der Waals surface area contributed by atoms with E-state index in [4.69, 9.17) is 0 Å². The van der Waals surface area contributed by atoms with Gasteiger partial charge in [0.1, 0.15) is 5.82 Å². The highest BCUT2D eigenvalue weighted by atomic mass is 32.1. The van der Waals surface area contributed by atoms with Gasteiger partial charge >= 0.3 is 0 Å². The second-order valence-electron chi connectivity index (χ2n) is 4.96. The number of hydrogen-bond acceptors (Lipinski definition) is 4. The van der Waals surface area contributed by atoms with E-state index in [1.807, 2.05) is 42.8 Å². The Hall–Kier alpha value is -2.47. The third-order valence-corrected chi connectivity index (χ3v) is 4.25. The average molecular weight is 312 g/mol. The summed E-state index contributed by atoms with van der Waals surface area (Å²) < 4.78 is 1.85. The molecule has 1 amide bonds. The molecule has 0 aliphatic rings. The molecule has 112 valence electrons. The van der Waals surface area contributed by atoms with Crippen molar-refractivity contribution in [1.82, 2.24) is 14.5 Å². The molecule has 3 aromatic heterocycles. The molecule has 0 radical (unpaired) electrons. The Bertz CT molecular complexity index is 806. The first-order valence-corrected chi connectivity index (χ1v) is 7.75. The quantitative estimate of drug-likeness (QED) is 0.805. The first-order valence-electron chi connectivity index (χ1n) is 6.94. The van der Waals surface area contributed by atoms with Crippen molar-refractivity contribution in [2.75, 3.05) is 5.32 Å². The molecule has 3 aromatic rings. The zero-order valence-corrected chi connectivity index (χ0v) is 13.2. The predicted octanol–water partition coefficient (Wildman–Crippen LogP) is 3.13. The molecular weight excluding hydrogens is 296 g/mol. The second kappa shape index (κ2) is 6.11. The Morgan fingerprint density at radius 2 is 2.09 bits per heavy atom. The van der Waals surface area contributed by atoms with Crippen LogP contribution in [0.25, 0.3) is 5.82 Å². The molecule has 0 saturated carbocycles. The van der Waals surface area contributed by atoms with Gasteiger partial charge in [0.2, 0.25) is 5.91 Å². The van der Waals surface area contributed by atoms with Crippen LogP contribution in [0.5, 0.6) is 0 Å². The highest BCUT2D eigenvalue weighted by molar-refractivity contribution is 7.12. The zero-order chi connectivity index (χ0) is 15.5. The fourth-order valence-electron chi connectivity index (χ4n) is 2.22. The third kappa shape index (κ3) is 3.07. The van der Waals surface area contributed by atoms with E-state index < -0.39 is 0 Å². The molecule has 0 aromatic carbocycles. The smallest absolute Gasteiger partial charge is 0.229 e. The predicted molar refractivity (Wildman–Crippen MR) is 87.5 cm³/mol. The van der Waals surface area contributed by atoms with Crippen molar-refractivity contribution < 1.29 is 4.79 Å². The zero-order valence-electron chi connectivity index (χ0n) is 12.4. The van der Waals surface area contributed by atoms with Crippen molar-refractivity contribution in [3.63, 3.8) is 0 Å². The Kier molecular flexibility index (Phi) is 4.02. The summed E-state index contributed by atoms with van der Waals surface area (Å²) in [7, 11) is 0. The van der Waals surface area contributed by atoms with Gasteiger partial charge in [-0.1, -0.05) is 0 Å². The Balaban J connectivity index is 1.81. The van der Waals surface area contributed by atoms with Crippen molar-refractivity contribution in [3.8, 4) is 5.82 Å². The average Bonchev–Trinajstić information content (AvgIpc) is 3.08. The number of amides is 1. The van der Waals surface area contributed by atoms with Crippen LogP contribution in [0.2, 0.25) is 0 Å². The molecule has 0 aliphatic heterocycles. The van der Waals surface area contributed by atoms with Crippen molar-refractivity contribution in [2.24, 2.45) is 0 Å². The van der Waals surface area contributed by atoms with Gasteiger partial charge in [-0.25, -0.2) is 9.97 Å². The highest BCUT2D eigenvalue weighted by Crippen LogP contribution is 2.20. The monoisotopic (exact) mass is 312 g/mol. The fourth-order valence-corrected chi connectivity index (χ4v) is 3.11. The van der Waals surface area contributed by atoms with E-state index in [1.54, 1.807) is 29.8 Å². The molecule has 3 heterocycles. The lowest BCUT2D eigenvalue weighted by Crippen LogP contribution is -2.16. The molecule has 0 aliphatic carbocycles. The van der Waals surface area contributed by atoms with Crippen LogP contribution >= 0.6 is 11.3 Å². The highest BCUT2D eigenvalue weighted by Gasteiger charge is 2.12. The lowest BCUT2D eigenvalue weighted by molar-refractivity contribution is -0.115. The van der Waals surface area contributed by atoms with Crippen LogP contribution in [0.3, 0.4) is 0 Å². The van der Waals surface area contributed by atoms with E-state index in [-0.39, 0.29) is 5.91 Å². The maximum Gasteiger partial charge on any atom is 0.229 e. The first-order chi connectivity index (χ1) is 10.6. The van der Waals surface area contributed by atoms with Gasteiger partial charge in [0.05, 0.1) is 12.1 Å². The SMILES string of the molecule is Cc1ccc(CC(=O)Nc2cccnc2-n2ccnc2C)s1. The topological polar surface area (TPSA) is 59.8 Å². The molecule has 0 fully saturated rings. The van der Waals surface area contributed by atoms with Gasteiger partial charge in [0.25, 0.3) is 0 Å². The Morgan fingerprint density at radius 3 is 2.77 bits per heavy atom. The number of imidazole rings is 1. The van der Waals surface area contributed by atoms with E-state index >= 15 is 0 Å². The van der Waals surface area contributed by atoms with Gasteiger partial charge in [-0.05, 0) is 38.1 Å². The summed E-state index contributed by atoms with van der Waals surface area (Å²) in [4.78, 5) is 23.1. The van der Waals surface area contributed by atoms with E-state index in [9.17, 15) is 4.79 Å². The van der Waals surface area contributed by atoms with Crippen LogP contribution in [0.1, 0.15) is 15.6 Å². The van der Waals surface area contributed by atoms with E-state index in [1.165, 1.54) is 4.88 Å². The largest absolute Gasteiger partial charge is 0.323 e. The van der Waals surface area contributed by atoms with Gasteiger partial charge in [0.15, 0.2) is 5.82 Å². The minimum absolute atomic E-state index is 0.0473. The molecule has 3 rings (SSSR count). The van der Waals surface area contributed by atoms with E-state index in [2.05, 4.69) is 15.3 Å². The van der Waals surface area contributed by atoms with E-state index in [0.29, 0.717) is 17.9 Å². The molecule has 0 spiro atoms. The van der Waals surface area contributed by atoms with E-state index in [0.717, 1.165) is 10.7 Å². The number of anilines is 1. The number of carbonyl (C=O) groups is 1. The number of pyridine rings is 1. The Labute approximate surface area is 132 Å². The summed E-state index contributed by atoms with van der Waals surface area (Å²) in [6.45, 7) is 3.93. The summed E-state index contributed by atoms with van der Waals surface area (Å²) in [6, 6.07) is 7.67. The number of hydrogen-bond donors (Lipinski definition) is 1. The number of thiophene rings is 1. The summed E-state index contributed by atoms with van der Waals surface area (Å²) in [5, 5.41) is 2.94. The molecule has 1 N–H and O–H groups in total. The fraction of sp³-hybridized carbons (Fsp3) is 0.188. The Morgan fingerprint density at radius 1 is 1.23 bits per heavy atom. The standard InChI is InChI=1S/C16H16N4OS/c1-11-5-6-13(22-11)10-15(21)19-14-4-3-7-18-16(14)20-9-8-17-12(20)2/h3-9H,10H2,1-2H3,(H,19,21). The van der Waals surface area contributed by atoms with Crippen LogP contribution in [0.4, 0.5) is 5.69 Å². The lowest BCUT2D eigenvalue weighted by atomic mass is 10.3. The van der Waals surface area contributed by atoms with Gasteiger partial charge in [-0.3, -0.25) is 9.36 Å². The van der Waals surface area contributed by atoms with Crippen molar-refractivity contribution in [3.05, 3.63) is 58.4 Å².